The van der Waals surface area contributed by atoms with Crippen molar-refractivity contribution in [2.24, 2.45) is 0 Å². The van der Waals surface area contributed by atoms with Gasteiger partial charge in [0, 0.05) is 37.6 Å². The molecule has 2 atom stereocenters. The van der Waals surface area contributed by atoms with Crippen LogP contribution in [-0.4, -0.2) is 24.1 Å². The summed E-state index contributed by atoms with van der Waals surface area (Å²) in [6.45, 7) is 4.30. The van der Waals surface area contributed by atoms with Crippen molar-refractivity contribution in [2.75, 3.05) is 13.1 Å². The third-order valence-corrected chi connectivity index (χ3v) is 2.52. The van der Waals surface area contributed by atoms with Crippen LogP contribution >= 0.6 is 0 Å². The second-order valence-corrected chi connectivity index (χ2v) is 3.46. The Morgan fingerprint density at radius 2 is 1.92 bits per heavy atom. The highest BCUT2D eigenvalue weighted by Gasteiger charge is 2.21. The predicted octanol–water partition coefficient (Wildman–Crippen LogP) is 0.704. The Bertz CT molecular complexity index is 260. The van der Waals surface area contributed by atoms with E-state index in [0.717, 1.165) is 13.1 Å². The summed E-state index contributed by atoms with van der Waals surface area (Å²) < 4.78 is 0. The number of aromatic nitrogens is 1. The molecule has 1 fully saturated rings. The molecule has 0 amide bonds. The quantitative estimate of drug-likeness (QED) is 0.663. The van der Waals surface area contributed by atoms with Crippen molar-refractivity contribution >= 4 is 0 Å². The molecule has 2 rings (SSSR count). The van der Waals surface area contributed by atoms with Gasteiger partial charge in [-0.3, -0.25) is 4.98 Å². The monoisotopic (exact) mass is 177 g/mol. The zero-order valence-corrected chi connectivity index (χ0v) is 7.83. The summed E-state index contributed by atoms with van der Waals surface area (Å²) in [6, 6.07) is 5.07. The molecular weight excluding hydrogens is 162 g/mol. The fourth-order valence-corrected chi connectivity index (χ4v) is 1.80. The normalized spacial score (nSPS) is 28.7. The van der Waals surface area contributed by atoms with Crippen LogP contribution in [0.25, 0.3) is 0 Å². The van der Waals surface area contributed by atoms with Crippen molar-refractivity contribution in [3.63, 3.8) is 0 Å². The Kier molecular flexibility index (Phi) is 2.57. The van der Waals surface area contributed by atoms with Crippen LogP contribution in [0.3, 0.4) is 0 Å². The lowest BCUT2D eigenvalue weighted by Crippen LogP contribution is -2.48. The van der Waals surface area contributed by atoms with Gasteiger partial charge in [-0.25, -0.2) is 0 Å². The zero-order valence-electron chi connectivity index (χ0n) is 7.83. The minimum absolute atomic E-state index is 0.428. The van der Waals surface area contributed by atoms with Crippen LogP contribution in [0.4, 0.5) is 0 Å². The van der Waals surface area contributed by atoms with E-state index in [1.165, 1.54) is 5.56 Å². The summed E-state index contributed by atoms with van der Waals surface area (Å²) in [5.41, 5.74) is 1.31. The summed E-state index contributed by atoms with van der Waals surface area (Å²) in [4.78, 5) is 4.02. The van der Waals surface area contributed by atoms with E-state index in [4.69, 9.17) is 0 Å². The molecule has 3 nitrogen and oxygen atoms in total. The van der Waals surface area contributed by atoms with E-state index >= 15 is 0 Å². The van der Waals surface area contributed by atoms with Crippen LogP contribution in [0.5, 0.6) is 0 Å². The molecule has 1 aliphatic rings. The summed E-state index contributed by atoms with van der Waals surface area (Å²) >= 11 is 0. The van der Waals surface area contributed by atoms with E-state index in [9.17, 15) is 0 Å². The number of hydrogen-bond donors (Lipinski definition) is 2. The molecule has 3 heteroatoms. The van der Waals surface area contributed by atoms with Crippen LogP contribution in [0, 0.1) is 0 Å². The minimum atomic E-state index is 0.428. The highest BCUT2D eigenvalue weighted by Crippen LogP contribution is 2.17. The smallest absolute Gasteiger partial charge is 0.0474 e. The van der Waals surface area contributed by atoms with Gasteiger partial charge in [0.15, 0.2) is 0 Å². The van der Waals surface area contributed by atoms with Gasteiger partial charge in [0.1, 0.15) is 0 Å². The van der Waals surface area contributed by atoms with Crippen molar-refractivity contribution in [3.8, 4) is 0 Å². The van der Waals surface area contributed by atoms with Crippen LogP contribution in [0.1, 0.15) is 18.5 Å². The van der Waals surface area contributed by atoms with Gasteiger partial charge in [0.05, 0.1) is 0 Å². The van der Waals surface area contributed by atoms with Crippen molar-refractivity contribution < 1.29 is 0 Å². The Morgan fingerprint density at radius 1 is 1.23 bits per heavy atom. The van der Waals surface area contributed by atoms with Gasteiger partial charge in [-0.2, -0.15) is 0 Å². The molecule has 0 bridgehead atoms. The average molecular weight is 177 g/mol. The third-order valence-electron chi connectivity index (χ3n) is 2.52. The minimum Gasteiger partial charge on any atom is -0.311 e. The second-order valence-electron chi connectivity index (χ2n) is 3.46. The van der Waals surface area contributed by atoms with Gasteiger partial charge >= 0.3 is 0 Å². The van der Waals surface area contributed by atoms with Gasteiger partial charge in [0.2, 0.25) is 0 Å². The summed E-state index contributed by atoms with van der Waals surface area (Å²) in [6.07, 6.45) is 3.69. The van der Waals surface area contributed by atoms with E-state index in [-0.39, 0.29) is 0 Å². The molecule has 0 aliphatic carbocycles. The SMILES string of the molecule is CC1NCCNC1c1ccncc1. The van der Waals surface area contributed by atoms with Crippen molar-refractivity contribution in [1.29, 1.82) is 0 Å². The number of hydrogen-bond acceptors (Lipinski definition) is 3. The highest BCUT2D eigenvalue weighted by molar-refractivity contribution is 5.17. The number of nitrogens with zero attached hydrogens (tertiary/aromatic N) is 1. The van der Waals surface area contributed by atoms with Gasteiger partial charge in [-0.15, -0.1) is 0 Å². The molecule has 70 valence electrons. The molecule has 1 aromatic rings. The first-order valence-corrected chi connectivity index (χ1v) is 4.74. The highest BCUT2D eigenvalue weighted by atomic mass is 15.1. The maximum absolute atomic E-state index is 4.02. The zero-order chi connectivity index (χ0) is 9.10. The molecule has 2 unspecified atom stereocenters. The average Bonchev–Trinajstić information content (AvgIpc) is 2.20. The summed E-state index contributed by atoms with van der Waals surface area (Å²) in [5.74, 6) is 0. The number of pyridine rings is 1. The fraction of sp³-hybridized carbons (Fsp3) is 0.500. The van der Waals surface area contributed by atoms with Crippen molar-refractivity contribution in [1.82, 2.24) is 15.6 Å². The molecule has 0 saturated carbocycles. The van der Waals surface area contributed by atoms with Crippen LogP contribution in [0.15, 0.2) is 24.5 Å². The summed E-state index contributed by atoms with van der Waals surface area (Å²) in [7, 11) is 0. The molecule has 1 saturated heterocycles. The van der Waals surface area contributed by atoms with E-state index in [0.29, 0.717) is 12.1 Å². The lowest BCUT2D eigenvalue weighted by atomic mass is 10.00. The maximum Gasteiger partial charge on any atom is 0.0474 e. The molecule has 1 aromatic heterocycles. The Labute approximate surface area is 78.6 Å². The van der Waals surface area contributed by atoms with Gasteiger partial charge in [-0.05, 0) is 24.6 Å². The van der Waals surface area contributed by atoms with Crippen LogP contribution in [-0.2, 0) is 0 Å². The number of nitrogens with one attached hydrogen (secondary N) is 2. The predicted molar refractivity (Wildman–Crippen MR) is 52.4 cm³/mol. The van der Waals surface area contributed by atoms with Gasteiger partial charge < -0.3 is 10.6 Å². The lowest BCUT2D eigenvalue weighted by molar-refractivity contribution is 0.345. The third kappa shape index (κ3) is 1.87. The standard InChI is InChI=1S/C10H15N3/c1-8-10(13-7-6-12-8)9-2-4-11-5-3-9/h2-5,8,10,12-13H,6-7H2,1H3. The molecule has 2 heterocycles. The van der Waals surface area contributed by atoms with Crippen LogP contribution in [0.2, 0.25) is 0 Å². The molecule has 13 heavy (non-hydrogen) atoms. The molecule has 0 aromatic carbocycles. The maximum atomic E-state index is 4.02. The number of rotatable bonds is 1. The lowest BCUT2D eigenvalue weighted by Gasteiger charge is -2.31. The van der Waals surface area contributed by atoms with Crippen molar-refractivity contribution in [2.45, 2.75) is 19.0 Å². The van der Waals surface area contributed by atoms with Gasteiger partial charge in [0.25, 0.3) is 0 Å². The van der Waals surface area contributed by atoms with E-state index in [1.54, 1.807) is 0 Å². The first kappa shape index (κ1) is 8.66. The molecular formula is C10H15N3. The van der Waals surface area contributed by atoms with Gasteiger partial charge in [-0.1, -0.05) is 0 Å². The largest absolute Gasteiger partial charge is 0.311 e. The Hall–Kier alpha value is -0.930. The Balaban J connectivity index is 2.15. The first-order valence-electron chi connectivity index (χ1n) is 4.74. The molecule has 1 aliphatic heterocycles. The topological polar surface area (TPSA) is 37.0 Å². The van der Waals surface area contributed by atoms with E-state index < -0.39 is 0 Å². The Morgan fingerprint density at radius 3 is 2.62 bits per heavy atom. The van der Waals surface area contributed by atoms with Crippen LogP contribution < -0.4 is 10.6 Å². The molecule has 2 N–H and O–H groups in total. The fourth-order valence-electron chi connectivity index (χ4n) is 1.80. The second kappa shape index (κ2) is 3.85. The first-order chi connectivity index (χ1) is 6.38. The van der Waals surface area contributed by atoms with E-state index in [2.05, 4.69) is 34.7 Å². The molecule has 0 radical (unpaired) electrons. The van der Waals surface area contributed by atoms with E-state index in [1.807, 2.05) is 12.4 Å². The summed E-state index contributed by atoms with van der Waals surface area (Å²) in [5, 5.41) is 6.94. The van der Waals surface area contributed by atoms with Crippen molar-refractivity contribution in [3.05, 3.63) is 30.1 Å². The number of piperazine rings is 1. The molecule has 0 spiro atoms.